The molecule has 0 saturated carbocycles. The second-order valence-electron chi connectivity index (χ2n) is 12.2. The highest BCUT2D eigenvalue weighted by molar-refractivity contribution is 5.69. The maximum Gasteiger partial charge on any atom is 0.325 e. The number of hydroxylamine groups is 2. The van der Waals surface area contributed by atoms with E-state index in [9.17, 15) is 4.79 Å². The van der Waals surface area contributed by atoms with Gasteiger partial charge in [-0.15, -0.1) is 5.06 Å². The molecule has 0 spiro atoms. The van der Waals surface area contributed by atoms with Gasteiger partial charge >= 0.3 is 5.97 Å². The Morgan fingerprint density at radius 3 is 1.44 bits per heavy atom. The molecule has 0 radical (unpaired) electrons. The molecule has 34 heavy (non-hydrogen) atoms. The average Bonchev–Trinajstić information content (AvgIpc) is 2.78. The van der Waals surface area contributed by atoms with Crippen LogP contribution in [0.5, 0.6) is 0 Å². The molecule has 1 fully saturated rings. The second kappa shape index (κ2) is 18.7. The van der Waals surface area contributed by atoms with Crippen LogP contribution in [-0.4, -0.2) is 23.1 Å². The van der Waals surface area contributed by atoms with Gasteiger partial charge < -0.3 is 4.84 Å². The molecule has 1 rings (SSSR count). The summed E-state index contributed by atoms with van der Waals surface area (Å²) in [6.45, 7) is 12.1. The van der Waals surface area contributed by atoms with Gasteiger partial charge in [0.2, 0.25) is 0 Å². The van der Waals surface area contributed by atoms with E-state index < -0.39 is 0 Å². The van der Waals surface area contributed by atoms with Crippen LogP contribution in [0.4, 0.5) is 0 Å². The lowest BCUT2D eigenvalue weighted by Gasteiger charge is -2.51. The van der Waals surface area contributed by atoms with E-state index in [1.165, 1.54) is 116 Å². The first-order chi connectivity index (χ1) is 16.3. The van der Waals surface area contributed by atoms with Crippen LogP contribution in [0.3, 0.4) is 0 Å². The fourth-order valence-electron chi connectivity index (χ4n) is 5.26. The zero-order valence-electron chi connectivity index (χ0n) is 24.0. The van der Waals surface area contributed by atoms with Crippen molar-refractivity contribution >= 4 is 5.97 Å². The van der Waals surface area contributed by atoms with Crippen molar-refractivity contribution in [1.82, 2.24) is 5.06 Å². The minimum atomic E-state index is -0.103. The molecule has 0 aromatic rings. The molecule has 0 unspecified atom stereocenters. The highest BCUT2D eigenvalue weighted by Crippen LogP contribution is 2.43. The van der Waals surface area contributed by atoms with Crippen molar-refractivity contribution in [2.75, 3.05) is 6.54 Å². The molecule has 202 valence electrons. The molecule has 1 heterocycles. The Morgan fingerprint density at radius 1 is 0.647 bits per heavy atom. The normalized spacial score (nSPS) is 17.7. The van der Waals surface area contributed by atoms with E-state index in [1.54, 1.807) is 0 Å². The zero-order valence-corrected chi connectivity index (χ0v) is 24.0. The highest BCUT2D eigenvalue weighted by atomic mass is 16.7. The van der Waals surface area contributed by atoms with Crippen LogP contribution < -0.4 is 0 Å². The number of hydrogen-bond acceptors (Lipinski definition) is 3. The number of piperidine rings is 1. The van der Waals surface area contributed by atoms with E-state index >= 15 is 0 Å². The molecule has 3 nitrogen and oxygen atoms in total. The Morgan fingerprint density at radius 2 is 1.03 bits per heavy atom. The summed E-state index contributed by atoms with van der Waals surface area (Å²) in [6, 6.07) is 0. The Hall–Kier alpha value is -0.570. The quantitative estimate of drug-likeness (QED) is 0.153. The number of rotatable bonds is 21. The van der Waals surface area contributed by atoms with Gasteiger partial charge in [0.25, 0.3) is 0 Å². The van der Waals surface area contributed by atoms with E-state index in [4.69, 9.17) is 4.84 Å². The summed E-state index contributed by atoms with van der Waals surface area (Å²) < 4.78 is 0. The first-order valence-corrected chi connectivity index (χ1v) is 15.3. The Kier molecular flexibility index (Phi) is 17.3. The molecule has 0 amide bonds. The van der Waals surface area contributed by atoms with Gasteiger partial charge in [-0.1, -0.05) is 136 Å². The van der Waals surface area contributed by atoms with Gasteiger partial charge in [-0.2, -0.15) is 0 Å². The smallest absolute Gasteiger partial charge is 0.325 e. The Balaban J connectivity index is 1.85. The van der Waals surface area contributed by atoms with Crippen LogP contribution in [0.25, 0.3) is 0 Å². The summed E-state index contributed by atoms with van der Waals surface area (Å²) in [7, 11) is 0. The maximum absolute atomic E-state index is 12.3. The number of nitrogens with zero attached hydrogens (tertiary/aromatic N) is 1. The van der Waals surface area contributed by atoms with Crippen LogP contribution in [0, 0.1) is 5.41 Å². The second-order valence-corrected chi connectivity index (χ2v) is 12.2. The van der Waals surface area contributed by atoms with Crippen LogP contribution in [-0.2, 0) is 9.63 Å². The number of carbonyl (C=O) groups excluding carboxylic acids is 1. The summed E-state index contributed by atoms with van der Waals surface area (Å²) in [5.74, 6) is -0.0438. The summed E-state index contributed by atoms with van der Waals surface area (Å²) >= 11 is 0. The summed E-state index contributed by atoms with van der Waals surface area (Å²) in [4.78, 5) is 18.1. The summed E-state index contributed by atoms with van der Waals surface area (Å²) in [6.07, 6.45) is 29.0. The number of unbranched alkanes of at least 4 members (excludes halogenated alkanes) is 18. The third-order valence-corrected chi connectivity index (χ3v) is 8.64. The lowest BCUT2D eigenvalue weighted by molar-refractivity contribution is -0.247. The molecule has 0 aromatic heterocycles. The lowest BCUT2D eigenvalue weighted by Crippen LogP contribution is -2.57. The van der Waals surface area contributed by atoms with E-state index in [2.05, 4.69) is 34.6 Å². The molecule has 3 heteroatoms. The van der Waals surface area contributed by atoms with Crippen LogP contribution in [0.1, 0.15) is 176 Å². The van der Waals surface area contributed by atoms with E-state index in [1.807, 2.05) is 5.06 Å². The van der Waals surface area contributed by atoms with Crippen molar-refractivity contribution in [3.8, 4) is 0 Å². The van der Waals surface area contributed by atoms with Crippen molar-refractivity contribution in [3.63, 3.8) is 0 Å². The molecular formula is C31H61NO2. The van der Waals surface area contributed by atoms with E-state index in [0.717, 1.165) is 25.8 Å². The van der Waals surface area contributed by atoms with E-state index in [0.29, 0.717) is 6.42 Å². The molecule has 0 N–H and O–H groups in total. The first kappa shape index (κ1) is 31.5. The van der Waals surface area contributed by atoms with Gasteiger partial charge in [0, 0.05) is 13.0 Å². The van der Waals surface area contributed by atoms with Crippen LogP contribution in [0.2, 0.25) is 0 Å². The zero-order chi connectivity index (χ0) is 25.1. The SMILES string of the molecule is CCCCCCCCCCCCCCCCCCCCCC(=O)ON1CCCC(C)(C)C1(C)C. The molecule has 1 aliphatic heterocycles. The fraction of sp³-hybridized carbons (Fsp3) is 0.968. The summed E-state index contributed by atoms with van der Waals surface area (Å²) in [5, 5.41) is 1.95. The van der Waals surface area contributed by atoms with Crippen molar-refractivity contribution < 1.29 is 9.63 Å². The molecule has 0 aromatic carbocycles. The van der Waals surface area contributed by atoms with Crippen LogP contribution >= 0.6 is 0 Å². The predicted molar refractivity (Wildman–Crippen MR) is 148 cm³/mol. The highest BCUT2D eigenvalue weighted by Gasteiger charge is 2.46. The molecule has 1 aliphatic rings. The Bertz CT molecular complexity index is 500. The topological polar surface area (TPSA) is 29.5 Å². The van der Waals surface area contributed by atoms with Crippen molar-refractivity contribution in [1.29, 1.82) is 0 Å². The lowest BCUT2D eigenvalue weighted by atomic mass is 9.69. The molecule has 0 bridgehead atoms. The standard InChI is InChI=1S/C31H61NO2/c1-6-7-8-9-10-11-12-13-14-15-16-17-18-19-20-21-22-23-24-26-29(33)34-32-28-25-27-30(2,3)31(32,4)5/h6-28H2,1-5H3. The third kappa shape index (κ3) is 13.5. The van der Waals surface area contributed by atoms with Gasteiger partial charge in [0.15, 0.2) is 0 Å². The molecule has 1 saturated heterocycles. The van der Waals surface area contributed by atoms with Crippen molar-refractivity contribution in [3.05, 3.63) is 0 Å². The number of carbonyl (C=O) groups is 1. The summed E-state index contributed by atoms with van der Waals surface area (Å²) in [5.41, 5.74) is 0.0627. The Labute approximate surface area is 214 Å². The van der Waals surface area contributed by atoms with Gasteiger partial charge in [-0.3, -0.25) is 4.79 Å². The molecule has 0 atom stereocenters. The fourth-order valence-corrected chi connectivity index (χ4v) is 5.26. The molecular weight excluding hydrogens is 418 g/mol. The van der Waals surface area contributed by atoms with Gasteiger partial charge in [-0.05, 0) is 38.5 Å². The molecule has 0 aliphatic carbocycles. The van der Waals surface area contributed by atoms with Gasteiger partial charge in [0.1, 0.15) is 0 Å². The average molecular weight is 480 g/mol. The van der Waals surface area contributed by atoms with E-state index in [-0.39, 0.29) is 16.9 Å². The largest absolute Gasteiger partial charge is 0.367 e. The maximum atomic E-state index is 12.3. The van der Waals surface area contributed by atoms with Gasteiger partial charge in [-0.25, -0.2) is 0 Å². The monoisotopic (exact) mass is 479 g/mol. The van der Waals surface area contributed by atoms with Gasteiger partial charge in [0.05, 0.1) is 5.54 Å². The first-order valence-electron chi connectivity index (χ1n) is 15.3. The minimum Gasteiger partial charge on any atom is -0.367 e. The van der Waals surface area contributed by atoms with Crippen LogP contribution in [0.15, 0.2) is 0 Å². The third-order valence-electron chi connectivity index (χ3n) is 8.64. The van der Waals surface area contributed by atoms with Crippen molar-refractivity contribution in [2.24, 2.45) is 5.41 Å². The van der Waals surface area contributed by atoms with Crippen molar-refractivity contribution in [2.45, 2.75) is 181 Å². The number of hydrogen-bond donors (Lipinski definition) is 0. The predicted octanol–water partition coefficient (Wildman–Crippen LogP) is 10.2. The minimum absolute atomic E-state index is 0.0438.